The third-order valence-corrected chi connectivity index (χ3v) is 4.87. The van der Waals surface area contributed by atoms with Crippen LogP contribution in [-0.2, 0) is 16.1 Å². The van der Waals surface area contributed by atoms with Crippen LogP contribution in [0, 0.1) is 0 Å². The van der Waals surface area contributed by atoms with E-state index in [0.29, 0.717) is 23.5 Å². The summed E-state index contributed by atoms with van der Waals surface area (Å²) in [6.07, 6.45) is 7.36. The first-order valence-electron chi connectivity index (χ1n) is 10.2. The van der Waals surface area contributed by atoms with Crippen molar-refractivity contribution in [2.75, 3.05) is 5.32 Å². The van der Waals surface area contributed by atoms with Gasteiger partial charge in [-0.2, -0.15) is 0 Å². The molecule has 0 unspecified atom stereocenters. The molecular weight excluding hydrogens is 380 g/mol. The predicted octanol–water partition coefficient (Wildman–Crippen LogP) is 4.37. The molecule has 0 atom stereocenters. The first kappa shape index (κ1) is 21.3. The summed E-state index contributed by atoms with van der Waals surface area (Å²) in [5, 5.41) is 5.72. The summed E-state index contributed by atoms with van der Waals surface area (Å²) >= 11 is 0. The molecule has 2 aromatic rings. The number of anilines is 1. The van der Waals surface area contributed by atoms with Crippen LogP contribution in [0.3, 0.4) is 0 Å². The molecule has 1 fully saturated rings. The van der Waals surface area contributed by atoms with E-state index < -0.39 is 5.97 Å². The number of amides is 2. The molecule has 0 aromatic heterocycles. The van der Waals surface area contributed by atoms with Crippen molar-refractivity contribution in [3.63, 3.8) is 0 Å². The number of carbonyl (C=O) groups excluding carboxylic acids is 3. The number of esters is 1. The van der Waals surface area contributed by atoms with Crippen LogP contribution >= 0.6 is 0 Å². The van der Waals surface area contributed by atoms with Crippen LogP contribution in [-0.4, -0.2) is 17.8 Å². The first-order chi connectivity index (χ1) is 14.5. The number of nitrogens with one attached hydrogen (secondary N) is 2. The van der Waals surface area contributed by atoms with E-state index in [1.807, 2.05) is 12.1 Å². The molecule has 2 amide bonds. The Labute approximate surface area is 176 Å². The lowest BCUT2D eigenvalue weighted by Gasteiger charge is -2.13. The van der Waals surface area contributed by atoms with E-state index in [1.165, 1.54) is 37.8 Å². The molecule has 0 saturated heterocycles. The Morgan fingerprint density at radius 2 is 1.73 bits per heavy atom. The minimum absolute atomic E-state index is 0.0584. The molecule has 2 aromatic carbocycles. The van der Waals surface area contributed by atoms with Crippen LogP contribution in [0.25, 0.3) is 0 Å². The number of ether oxygens (including phenoxy) is 1. The van der Waals surface area contributed by atoms with Gasteiger partial charge in [-0.05, 0) is 61.6 Å². The van der Waals surface area contributed by atoms with Crippen molar-refractivity contribution in [3.05, 3.63) is 71.3 Å². The van der Waals surface area contributed by atoms with Gasteiger partial charge < -0.3 is 15.4 Å². The molecule has 0 bridgehead atoms. The molecular formula is C24H26N2O4. The van der Waals surface area contributed by atoms with Crippen molar-refractivity contribution in [1.29, 1.82) is 0 Å². The number of benzene rings is 2. The van der Waals surface area contributed by atoms with Crippen LogP contribution < -0.4 is 15.4 Å². The van der Waals surface area contributed by atoms with Crippen molar-refractivity contribution < 1.29 is 19.1 Å². The fraction of sp³-hybridized carbons (Fsp3) is 0.292. The lowest BCUT2D eigenvalue weighted by Crippen LogP contribution is -2.21. The molecule has 0 heterocycles. The highest BCUT2D eigenvalue weighted by Crippen LogP contribution is 2.22. The summed E-state index contributed by atoms with van der Waals surface area (Å²) in [6, 6.07) is 13.7. The number of allylic oxidation sites excluding steroid dienone is 1. The van der Waals surface area contributed by atoms with Crippen LogP contribution in [0.5, 0.6) is 5.75 Å². The summed E-state index contributed by atoms with van der Waals surface area (Å²) in [4.78, 5) is 35.6. The van der Waals surface area contributed by atoms with Crippen LogP contribution in [0.15, 0.2) is 60.2 Å². The summed E-state index contributed by atoms with van der Waals surface area (Å²) in [7, 11) is 0. The quantitative estimate of drug-likeness (QED) is 0.424. The maximum Gasteiger partial charge on any atom is 0.308 e. The predicted molar refractivity (Wildman–Crippen MR) is 115 cm³/mol. The molecule has 1 saturated carbocycles. The number of hydrogen-bond acceptors (Lipinski definition) is 4. The molecule has 6 heteroatoms. The summed E-state index contributed by atoms with van der Waals surface area (Å²) < 4.78 is 5.01. The first-order valence-corrected chi connectivity index (χ1v) is 10.2. The highest BCUT2D eigenvalue weighted by atomic mass is 16.5. The van der Waals surface area contributed by atoms with Gasteiger partial charge >= 0.3 is 5.97 Å². The fourth-order valence-corrected chi connectivity index (χ4v) is 3.35. The SMILES string of the molecule is CC(=O)Oc1cccc(C(=O)Nc2ccc(CNC(=O)C=C3CCCCC3)cc2)c1. The Bertz CT molecular complexity index is 940. The van der Waals surface area contributed by atoms with E-state index in [2.05, 4.69) is 10.6 Å². The monoisotopic (exact) mass is 406 g/mol. The van der Waals surface area contributed by atoms with Crippen molar-refractivity contribution >= 4 is 23.5 Å². The van der Waals surface area contributed by atoms with E-state index >= 15 is 0 Å². The third kappa shape index (κ3) is 6.58. The van der Waals surface area contributed by atoms with Gasteiger partial charge in [0.25, 0.3) is 5.91 Å². The molecule has 30 heavy (non-hydrogen) atoms. The molecule has 0 radical (unpaired) electrons. The molecule has 1 aliphatic rings. The number of rotatable bonds is 6. The van der Waals surface area contributed by atoms with Crippen molar-refractivity contribution in [2.45, 2.75) is 45.6 Å². The van der Waals surface area contributed by atoms with Crippen molar-refractivity contribution in [1.82, 2.24) is 5.32 Å². The Morgan fingerprint density at radius 3 is 2.43 bits per heavy atom. The number of carbonyl (C=O) groups is 3. The Morgan fingerprint density at radius 1 is 1.00 bits per heavy atom. The van der Waals surface area contributed by atoms with E-state index in [9.17, 15) is 14.4 Å². The summed E-state index contributed by atoms with van der Waals surface area (Å²) in [6.45, 7) is 1.74. The second-order valence-corrected chi connectivity index (χ2v) is 7.35. The fourth-order valence-electron chi connectivity index (χ4n) is 3.35. The van der Waals surface area contributed by atoms with Gasteiger partial charge in [-0.3, -0.25) is 14.4 Å². The lowest BCUT2D eigenvalue weighted by atomic mass is 9.94. The Kier molecular flexibility index (Phi) is 7.38. The zero-order valence-electron chi connectivity index (χ0n) is 17.1. The normalized spacial score (nSPS) is 13.3. The molecule has 0 spiro atoms. The maximum absolute atomic E-state index is 12.4. The molecule has 156 valence electrons. The molecule has 1 aliphatic carbocycles. The minimum atomic E-state index is -0.440. The number of hydrogen-bond donors (Lipinski definition) is 2. The smallest absolute Gasteiger partial charge is 0.308 e. The van der Waals surface area contributed by atoms with E-state index in [0.717, 1.165) is 18.4 Å². The van der Waals surface area contributed by atoms with Gasteiger partial charge in [-0.1, -0.05) is 30.2 Å². The van der Waals surface area contributed by atoms with Gasteiger partial charge in [0.1, 0.15) is 5.75 Å². The minimum Gasteiger partial charge on any atom is -0.427 e. The molecule has 2 N–H and O–H groups in total. The van der Waals surface area contributed by atoms with E-state index in [-0.39, 0.29) is 11.8 Å². The zero-order valence-corrected chi connectivity index (χ0v) is 17.1. The second kappa shape index (κ2) is 10.4. The van der Waals surface area contributed by atoms with Crippen LogP contribution in [0.1, 0.15) is 54.9 Å². The lowest BCUT2D eigenvalue weighted by molar-refractivity contribution is -0.131. The maximum atomic E-state index is 12.4. The molecule has 6 nitrogen and oxygen atoms in total. The summed E-state index contributed by atoms with van der Waals surface area (Å²) in [5.41, 5.74) is 3.20. The average Bonchev–Trinajstić information content (AvgIpc) is 2.74. The van der Waals surface area contributed by atoms with Gasteiger partial charge in [0.15, 0.2) is 0 Å². The highest BCUT2D eigenvalue weighted by Gasteiger charge is 2.09. The third-order valence-electron chi connectivity index (χ3n) is 4.87. The van der Waals surface area contributed by atoms with Crippen LogP contribution in [0.2, 0.25) is 0 Å². The van der Waals surface area contributed by atoms with Crippen LogP contribution in [0.4, 0.5) is 5.69 Å². The van der Waals surface area contributed by atoms with Gasteiger partial charge in [-0.25, -0.2) is 0 Å². The highest BCUT2D eigenvalue weighted by molar-refractivity contribution is 6.04. The largest absolute Gasteiger partial charge is 0.427 e. The van der Waals surface area contributed by atoms with Gasteiger partial charge in [0.2, 0.25) is 5.91 Å². The standard InChI is InChI=1S/C24H26N2O4/c1-17(27)30-22-9-5-8-20(15-22)24(29)26-21-12-10-19(11-13-21)16-25-23(28)14-18-6-3-2-4-7-18/h5,8-15H,2-4,6-7,16H2,1H3,(H,25,28)(H,26,29). The Hall–Kier alpha value is -3.41. The Balaban J connectivity index is 1.52. The topological polar surface area (TPSA) is 84.5 Å². The van der Waals surface area contributed by atoms with Gasteiger partial charge in [0, 0.05) is 30.8 Å². The zero-order chi connectivity index (χ0) is 21.3. The molecule has 0 aliphatic heterocycles. The average molecular weight is 406 g/mol. The van der Waals surface area contributed by atoms with Gasteiger partial charge in [-0.15, -0.1) is 0 Å². The van der Waals surface area contributed by atoms with Gasteiger partial charge in [0.05, 0.1) is 0 Å². The summed E-state index contributed by atoms with van der Waals surface area (Å²) in [5.74, 6) is -0.476. The van der Waals surface area contributed by atoms with E-state index in [1.54, 1.807) is 36.4 Å². The van der Waals surface area contributed by atoms with Crippen molar-refractivity contribution in [3.8, 4) is 5.75 Å². The molecule has 3 rings (SSSR count). The second-order valence-electron chi connectivity index (χ2n) is 7.35. The van der Waals surface area contributed by atoms with Crippen molar-refractivity contribution in [2.24, 2.45) is 0 Å². The van der Waals surface area contributed by atoms with E-state index in [4.69, 9.17) is 4.74 Å².